The van der Waals surface area contributed by atoms with Crippen LogP contribution in [0.15, 0.2) is 41.6 Å². The van der Waals surface area contributed by atoms with Crippen molar-refractivity contribution >= 4 is 27.7 Å². The van der Waals surface area contributed by atoms with Crippen LogP contribution in [-0.2, 0) is 27.2 Å². The molecule has 3 N–H and O–H groups in total. The topological polar surface area (TPSA) is 163 Å². The van der Waals surface area contributed by atoms with E-state index in [4.69, 9.17) is 5.26 Å². The van der Waals surface area contributed by atoms with Crippen molar-refractivity contribution < 1.29 is 22.8 Å². The maximum absolute atomic E-state index is 12.5. The minimum Gasteiger partial charge on any atom is -0.349 e. The number of amides is 4. The molecule has 2 aromatic rings. The van der Waals surface area contributed by atoms with Gasteiger partial charge in [0.2, 0.25) is 0 Å². The number of imidazole rings is 1. The first-order valence-corrected chi connectivity index (χ1v) is 9.94. The van der Waals surface area contributed by atoms with E-state index in [0.717, 1.165) is 0 Å². The summed E-state index contributed by atoms with van der Waals surface area (Å²) in [6.07, 6.45) is 3.05. The molecule has 0 spiro atoms. The molecular weight excluding hydrogens is 400 g/mol. The molecule has 1 aromatic carbocycles. The van der Waals surface area contributed by atoms with E-state index in [9.17, 15) is 22.8 Å². The minimum absolute atomic E-state index is 0.0810. The van der Waals surface area contributed by atoms with Crippen LogP contribution in [-0.4, -0.2) is 48.1 Å². The van der Waals surface area contributed by atoms with Gasteiger partial charge in [0, 0.05) is 25.0 Å². The lowest BCUT2D eigenvalue weighted by molar-refractivity contribution is -0.124. The Morgan fingerprint density at radius 3 is 2.52 bits per heavy atom. The zero-order chi connectivity index (χ0) is 21.2. The van der Waals surface area contributed by atoms with Gasteiger partial charge in [-0.3, -0.25) is 14.9 Å². The summed E-state index contributed by atoms with van der Waals surface area (Å²) in [5.41, 5.74) is -1.44. The van der Waals surface area contributed by atoms with Gasteiger partial charge < -0.3 is 15.2 Å². The van der Waals surface area contributed by atoms with Crippen LogP contribution in [0.1, 0.15) is 16.2 Å². The van der Waals surface area contributed by atoms with Crippen LogP contribution in [0, 0.1) is 11.3 Å². The highest BCUT2D eigenvalue weighted by atomic mass is 32.2. The van der Waals surface area contributed by atoms with Gasteiger partial charge in [-0.15, -0.1) is 0 Å². The lowest BCUT2D eigenvalue weighted by Gasteiger charge is -2.25. The van der Waals surface area contributed by atoms with E-state index < -0.39 is 39.0 Å². The van der Waals surface area contributed by atoms with Crippen LogP contribution in [0.5, 0.6) is 0 Å². The van der Waals surface area contributed by atoms with E-state index in [-0.39, 0.29) is 22.8 Å². The van der Waals surface area contributed by atoms with Gasteiger partial charge in [-0.2, -0.15) is 5.26 Å². The third-order valence-electron chi connectivity index (χ3n) is 4.39. The highest BCUT2D eigenvalue weighted by Crippen LogP contribution is 2.23. The molecule has 11 nitrogen and oxygen atoms in total. The number of aryl methyl sites for hydroxylation is 1. The predicted molar refractivity (Wildman–Crippen MR) is 98.0 cm³/mol. The predicted octanol–water partition coefficient (Wildman–Crippen LogP) is -0.818. The van der Waals surface area contributed by atoms with Gasteiger partial charge in [0.15, 0.2) is 15.4 Å². The first-order valence-electron chi connectivity index (χ1n) is 8.29. The van der Waals surface area contributed by atoms with Gasteiger partial charge in [-0.05, 0) is 24.3 Å². The second-order valence-electron chi connectivity index (χ2n) is 6.30. The van der Waals surface area contributed by atoms with E-state index in [1.165, 1.54) is 30.5 Å². The quantitative estimate of drug-likeness (QED) is 0.518. The van der Waals surface area contributed by atoms with Crippen LogP contribution in [0.25, 0.3) is 0 Å². The molecule has 1 fully saturated rings. The van der Waals surface area contributed by atoms with Crippen molar-refractivity contribution in [1.82, 2.24) is 25.5 Å². The molecule has 1 saturated heterocycles. The zero-order valence-electron chi connectivity index (χ0n) is 15.2. The number of benzene rings is 1. The Bertz CT molecular complexity index is 1130. The molecule has 0 bridgehead atoms. The van der Waals surface area contributed by atoms with Crippen LogP contribution >= 0.6 is 0 Å². The van der Waals surface area contributed by atoms with Crippen molar-refractivity contribution in [1.29, 1.82) is 5.26 Å². The molecule has 1 aromatic heterocycles. The lowest BCUT2D eigenvalue weighted by Crippen LogP contribution is -2.54. The van der Waals surface area contributed by atoms with Gasteiger partial charge in [0.25, 0.3) is 11.8 Å². The zero-order valence-corrected chi connectivity index (χ0v) is 16.0. The summed E-state index contributed by atoms with van der Waals surface area (Å²) < 4.78 is 25.3. The summed E-state index contributed by atoms with van der Waals surface area (Å²) in [4.78, 5) is 40.6. The highest BCUT2D eigenvalue weighted by Gasteiger charge is 2.50. The number of carbonyl (C=O) groups excluding carboxylic acids is 3. The summed E-state index contributed by atoms with van der Waals surface area (Å²) in [5, 5.41) is 15.8. The smallest absolute Gasteiger partial charge is 0.322 e. The Hall–Kier alpha value is -3.72. The maximum Gasteiger partial charge on any atom is 0.322 e. The number of urea groups is 1. The van der Waals surface area contributed by atoms with Crippen LogP contribution in [0.2, 0.25) is 0 Å². The number of rotatable bonds is 6. The van der Waals surface area contributed by atoms with Gasteiger partial charge in [0.05, 0.1) is 17.5 Å². The lowest BCUT2D eigenvalue weighted by atomic mass is 9.98. The van der Waals surface area contributed by atoms with Crippen molar-refractivity contribution in [3.63, 3.8) is 0 Å². The molecule has 1 atom stereocenters. The van der Waals surface area contributed by atoms with Crippen molar-refractivity contribution in [2.75, 3.05) is 12.3 Å². The normalized spacial score (nSPS) is 18.6. The average molecular weight is 416 g/mol. The summed E-state index contributed by atoms with van der Waals surface area (Å²) in [6, 6.07) is 5.90. The molecule has 12 heteroatoms. The minimum atomic E-state index is -3.74. The van der Waals surface area contributed by atoms with E-state index in [0.29, 0.717) is 0 Å². The van der Waals surface area contributed by atoms with Gasteiger partial charge in [-0.25, -0.2) is 18.2 Å². The number of imide groups is 1. The molecule has 0 radical (unpaired) electrons. The summed E-state index contributed by atoms with van der Waals surface area (Å²) >= 11 is 0. The summed E-state index contributed by atoms with van der Waals surface area (Å²) in [5.74, 6) is -1.68. The third kappa shape index (κ3) is 3.67. The maximum atomic E-state index is 12.5. The fraction of sp³-hybridized carbons (Fsp3) is 0.235. The number of sulfone groups is 1. The Morgan fingerprint density at radius 1 is 1.31 bits per heavy atom. The first kappa shape index (κ1) is 20.0. The van der Waals surface area contributed by atoms with Crippen LogP contribution in [0.4, 0.5) is 4.79 Å². The molecule has 0 aliphatic carbocycles. The van der Waals surface area contributed by atoms with E-state index >= 15 is 0 Å². The number of carbonyl (C=O) groups is 3. The van der Waals surface area contributed by atoms with E-state index in [2.05, 4.69) is 20.9 Å². The molecule has 1 aliphatic heterocycles. The van der Waals surface area contributed by atoms with Crippen molar-refractivity contribution in [2.24, 2.45) is 7.05 Å². The molecule has 4 amide bonds. The van der Waals surface area contributed by atoms with Gasteiger partial charge >= 0.3 is 6.03 Å². The fourth-order valence-corrected chi connectivity index (χ4v) is 3.81. The number of nitrogens with zero attached hydrogens (tertiary/aromatic N) is 3. The first-order chi connectivity index (χ1) is 13.7. The van der Waals surface area contributed by atoms with Crippen LogP contribution in [0.3, 0.4) is 0 Å². The molecular formula is C17H16N6O5S. The highest BCUT2D eigenvalue weighted by molar-refractivity contribution is 7.91. The number of nitrogens with one attached hydrogen (secondary N) is 3. The molecule has 1 unspecified atom stereocenters. The second-order valence-corrected chi connectivity index (χ2v) is 8.29. The standard InChI is InChI=1S/C17H16N6O5S/c1-23-8-7-19-14(23)17(15(25)21-16(26)22-17)10-20-13(24)11-2-4-12(5-3-11)29(27,28)9-6-18/h2-5,7-8H,9-10H2,1H3,(H,20,24)(H2,21,22,25,26). The van der Waals surface area contributed by atoms with E-state index in [1.54, 1.807) is 23.9 Å². The van der Waals surface area contributed by atoms with E-state index in [1.807, 2.05) is 0 Å². The number of aromatic nitrogens is 2. The molecule has 2 heterocycles. The van der Waals surface area contributed by atoms with Gasteiger partial charge in [-0.1, -0.05) is 0 Å². The average Bonchev–Trinajstić information content (AvgIpc) is 3.22. The van der Waals surface area contributed by atoms with Crippen molar-refractivity contribution in [2.45, 2.75) is 10.4 Å². The van der Waals surface area contributed by atoms with Crippen molar-refractivity contribution in [3.8, 4) is 6.07 Å². The van der Waals surface area contributed by atoms with Gasteiger partial charge in [0.1, 0.15) is 11.6 Å². The SMILES string of the molecule is Cn1ccnc1C1(CNC(=O)c2ccc(S(=O)(=O)CC#N)cc2)NC(=O)NC1=O. The number of nitriles is 1. The summed E-state index contributed by atoms with van der Waals surface area (Å²) in [6.45, 7) is -0.275. The van der Waals surface area contributed by atoms with Crippen molar-refractivity contribution in [3.05, 3.63) is 48.0 Å². The second kappa shape index (κ2) is 7.36. The Balaban J connectivity index is 1.80. The Morgan fingerprint density at radius 2 is 2.00 bits per heavy atom. The molecule has 29 heavy (non-hydrogen) atoms. The fourth-order valence-electron chi connectivity index (χ4n) is 2.93. The molecule has 150 valence electrons. The van der Waals surface area contributed by atoms with Crippen LogP contribution < -0.4 is 16.0 Å². The third-order valence-corrected chi connectivity index (χ3v) is 5.89. The molecule has 3 rings (SSSR count). The monoisotopic (exact) mass is 416 g/mol. The molecule has 0 saturated carbocycles. The largest absolute Gasteiger partial charge is 0.349 e. The number of hydrogen-bond donors (Lipinski definition) is 3. The molecule has 1 aliphatic rings. The Labute approximate surface area is 165 Å². The Kier molecular flexibility index (Phi) is 5.08. The summed E-state index contributed by atoms with van der Waals surface area (Å²) in [7, 11) is -2.10. The number of hydrogen-bond acceptors (Lipinski definition) is 7.